The van der Waals surface area contributed by atoms with Crippen molar-refractivity contribution in [1.82, 2.24) is 0 Å². The van der Waals surface area contributed by atoms with Crippen LogP contribution in [-0.4, -0.2) is 32.2 Å². The molecule has 2 nitrogen and oxygen atoms in total. The fourth-order valence-corrected chi connectivity index (χ4v) is 4.13. The molecule has 0 amide bonds. The van der Waals surface area contributed by atoms with E-state index in [-0.39, 0.29) is 0 Å². The molecule has 1 aromatic rings. The number of hydrogen-bond acceptors (Lipinski definition) is 0. The van der Waals surface area contributed by atoms with E-state index in [0.717, 1.165) is 17.6 Å². The fraction of sp³-hybridized carbons (Fsp3) is 0.647. The molecule has 20 heavy (non-hydrogen) atoms. The van der Waals surface area contributed by atoms with E-state index in [9.17, 15) is 0 Å². The molecule has 1 aromatic carbocycles. The average molecular weight is 295 g/mol. The first kappa shape index (κ1) is 14.4. The molecule has 2 N–H and O–H groups in total. The third kappa shape index (κ3) is 3.55. The van der Waals surface area contributed by atoms with Gasteiger partial charge in [-0.05, 0) is 31.7 Å². The van der Waals surface area contributed by atoms with Crippen molar-refractivity contribution in [3.8, 4) is 0 Å². The third-order valence-electron chi connectivity index (χ3n) is 5.18. The second kappa shape index (κ2) is 6.93. The molecule has 0 aromatic heterocycles. The van der Waals surface area contributed by atoms with Gasteiger partial charge in [-0.1, -0.05) is 36.2 Å². The molecular formula is C17H27ClN2+2. The van der Waals surface area contributed by atoms with Crippen molar-refractivity contribution >= 4 is 11.6 Å². The van der Waals surface area contributed by atoms with Gasteiger partial charge in [0.25, 0.3) is 0 Å². The second-order valence-corrected chi connectivity index (χ2v) is 6.92. The number of piperazine rings is 1. The first-order chi connectivity index (χ1) is 9.83. The standard InChI is InChI=1S/C17H25ClN2/c18-17-9-5-4-6-15(17)14-19-10-12-20(13-11-19)16-7-2-1-3-8-16/h4-6,9,16H,1-3,7-8,10-14H2/p+2. The normalized spacial score (nSPS) is 28.4. The maximum absolute atomic E-state index is 6.28. The van der Waals surface area contributed by atoms with Crippen molar-refractivity contribution in [2.75, 3.05) is 26.2 Å². The highest BCUT2D eigenvalue weighted by Gasteiger charge is 2.30. The van der Waals surface area contributed by atoms with E-state index >= 15 is 0 Å². The summed E-state index contributed by atoms with van der Waals surface area (Å²) in [5.74, 6) is 0. The van der Waals surface area contributed by atoms with Gasteiger partial charge in [0.1, 0.15) is 32.7 Å². The molecule has 0 atom stereocenters. The topological polar surface area (TPSA) is 8.88 Å². The van der Waals surface area contributed by atoms with Crippen molar-refractivity contribution < 1.29 is 9.80 Å². The molecule has 2 aliphatic rings. The van der Waals surface area contributed by atoms with E-state index in [1.165, 1.54) is 63.8 Å². The Labute approximate surface area is 127 Å². The van der Waals surface area contributed by atoms with Crippen LogP contribution < -0.4 is 9.80 Å². The second-order valence-electron chi connectivity index (χ2n) is 6.51. The first-order valence-corrected chi connectivity index (χ1v) is 8.62. The summed E-state index contributed by atoms with van der Waals surface area (Å²) in [6, 6.07) is 9.28. The van der Waals surface area contributed by atoms with Crippen molar-refractivity contribution in [1.29, 1.82) is 0 Å². The van der Waals surface area contributed by atoms with Crippen LogP contribution in [0.2, 0.25) is 5.02 Å². The monoisotopic (exact) mass is 294 g/mol. The van der Waals surface area contributed by atoms with Crippen molar-refractivity contribution in [3.63, 3.8) is 0 Å². The number of benzene rings is 1. The van der Waals surface area contributed by atoms with E-state index in [0.29, 0.717) is 0 Å². The Balaban J connectivity index is 1.50. The van der Waals surface area contributed by atoms with Crippen molar-refractivity contribution in [3.05, 3.63) is 34.9 Å². The van der Waals surface area contributed by atoms with Gasteiger partial charge in [0.2, 0.25) is 0 Å². The first-order valence-electron chi connectivity index (χ1n) is 8.24. The summed E-state index contributed by atoms with van der Waals surface area (Å²) < 4.78 is 0. The molecule has 1 aliphatic carbocycles. The summed E-state index contributed by atoms with van der Waals surface area (Å²) >= 11 is 6.28. The summed E-state index contributed by atoms with van der Waals surface area (Å²) in [5.41, 5.74) is 1.31. The van der Waals surface area contributed by atoms with Crippen LogP contribution in [0, 0.1) is 0 Å². The van der Waals surface area contributed by atoms with Crippen molar-refractivity contribution in [2.24, 2.45) is 0 Å². The van der Waals surface area contributed by atoms with Crippen LogP contribution in [0.1, 0.15) is 37.7 Å². The maximum Gasteiger partial charge on any atom is 0.127 e. The number of hydrogen-bond donors (Lipinski definition) is 2. The Morgan fingerprint density at radius 3 is 2.35 bits per heavy atom. The molecule has 2 fully saturated rings. The van der Waals surface area contributed by atoms with Gasteiger partial charge in [-0.2, -0.15) is 0 Å². The highest BCUT2D eigenvalue weighted by molar-refractivity contribution is 6.31. The molecule has 1 saturated carbocycles. The largest absolute Gasteiger partial charge is 0.323 e. The minimum Gasteiger partial charge on any atom is -0.323 e. The van der Waals surface area contributed by atoms with Crippen LogP contribution in [0.5, 0.6) is 0 Å². The fourth-order valence-electron chi connectivity index (χ4n) is 3.93. The zero-order valence-corrected chi connectivity index (χ0v) is 13.1. The summed E-state index contributed by atoms with van der Waals surface area (Å²) in [5, 5.41) is 0.932. The van der Waals surface area contributed by atoms with Crippen LogP contribution >= 0.6 is 11.6 Å². The van der Waals surface area contributed by atoms with E-state index < -0.39 is 0 Å². The van der Waals surface area contributed by atoms with Gasteiger partial charge in [-0.3, -0.25) is 0 Å². The molecule has 110 valence electrons. The molecule has 1 saturated heterocycles. The van der Waals surface area contributed by atoms with Gasteiger partial charge < -0.3 is 9.80 Å². The molecule has 0 unspecified atom stereocenters. The Bertz CT molecular complexity index is 421. The van der Waals surface area contributed by atoms with Crippen LogP contribution in [0.4, 0.5) is 0 Å². The zero-order chi connectivity index (χ0) is 13.8. The van der Waals surface area contributed by atoms with Gasteiger partial charge >= 0.3 is 0 Å². The van der Waals surface area contributed by atoms with Crippen molar-refractivity contribution in [2.45, 2.75) is 44.7 Å². The number of nitrogens with one attached hydrogen (secondary N) is 2. The molecule has 3 heteroatoms. The highest BCUT2D eigenvalue weighted by atomic mass is 35.5. The summed E-state index contributed by atoms with van der Waals surface area (Å²) in [6.07, 6.45) is 7.33. The lowest BCUT2D eigenvalue weighted by Gasteiger charge is -2.36. The van der Waals surface area contributed by atoms with E-state index in [2.05, 4.69) is 12.1 Å². The predicted molar refractivity (Wildman–Crippen MR) is 83.4 cm³/mol. The minimum absolute atomic E-state index is 0.932. The number of rotatable bonds is 3. The van der Waals surface area contributed by atoms with Gasteiger partial charge in [-0.25, -0.2) is 0 Å². The molecule has 1 heterocycles. The molecule has 0 spiro atoms. The zero-order valence-electron chi connectivity index (χ0n) is 12.3. The minimum atomic E-state index is 0.932. The van der Waals surface area contributed by atoms with E-state index in [1.54, 1.807) is 4.90 Å². The average Bonchev–Trinajstić information content (AvgIpc) is 2.51. The SMILES string of the molecule is Clc1ccccc1C[NH+]1CC[NH+](C2CCCCC2)CC1. The Kier molecular flexibility index (Phi) is 4.98. The predicted octanol–water partition coefficient (Wildman–Crippen LogP) is 0.956. The summed E-state index contributed by atoms with van der Waals surface area (Å²) in [6.45, 7) is 6.40. The van der Waals surface area contributed by atoms with Crippen LogP contribution in [0.3, 0.4) is 0 Å². The molecule has 0 bridgehead atoms. The highest BCUT2D eigenvalue weighted by Crippen LogP contribution is 2.15. The lowest BCUT2D eigenvalue weighted by atomic mass is 9.94. The lowest BCUT2D eigenvalue weighted by Crippen LogP contribution is -3.29. The van der Waals surface area contributed by atoms with Crippen LogP contribution in [0.15, 0.2) is 24.3 Å². The quantitative estimate of drug-likeness (QED) is 0.822. The number of quaternary nitrogens is 2. The van der Waals surface area contributed by atoms with Gasteiger partial charge in [0.05, 0.1) is 6.04 Å². The number of halogens is 1. The Hall–Kier alpha value is -0.570. The van der Waals surface area contributed by atoms with Gasteiger partial charge in [0, 0.05) is 10.6 Å². The Morgan fingerprint density at radius 2 is 1.65 bits per heavy atom. The van der Waals surface area contributed by atoms with E-state index in [1.807, 2.05) is 17.0 Å². The molecule has 0 radical (unpaired) electrons. The van der Waals surface area contributed by atoms with E-state index in [4.69, 9.17) is 11.6 Å². The van der Waals surface area contributed by atoms with Gasteiger partial charge in [0.15, 0.2) is 0 Å². The van der Waals surface area contributed by atoms with Crippen LogP contribution in [-0.2, 0) is 6.54 Å². The molecular weight excluding hydrogens is 268 g/mol. The Morgan fingerprint density at radius 1 is 0.950 bits per heavy atom. The third-order valence-corrected chi connectivity index (χ3v) is 5.55. The van der Waals surface area contributed by atoms with Crippen LogP contribution in [0.25, 0.3) is 0 Å². The molecule has 3 rings (SSSR count). The van der Waals surface area contributed by atoms with Gasteiger partial charge in [-0.15, -0.1) is 0 Å². The molecule has 1 aliphatic heterocycles. The smallest absolute Gasteiger partial charge is 0.127 e. The lowest BCUT2D eigenvalue weighted by molar-refractivity contribution is -1.03. The maximum atomic E-state index is 6.28. The summed E-state index contributed by atoms with van der Waals surface area (Å²) in [4.78, 5) is 3.59. The summed E-state index contributed by atoms with van der Waals surface area (Å²) in [7, 11) is 0.